The van der Waals surface area contributed by atoms with Crippen LogP contribution in [0.2, 0.25) is 0 Å². The molecule has 3 heteroatoms. The lowest BCUT2D eigenvalue weighted by atomic mass is 10.1. The molecule has 0 aliphatic carbocycles. The molecule has 0 spiro atoms. The molecule has 0 radical (unpaired) electrons. The van der Waals surface area contributed by atoms with Gasteiger partial charge in [-0.3, -0.25) is 4.90 Å². The average molecular weight is 233 g/mol. The number of rotatable bonds is 4. The minimum absolute atomic E-state index is 0.694. The molecule has 1 aliphatic rings. The second-order valence-electron chi connectivity index (χ2n) is 5.16. The third-order valence-corrected chi connectivity index (χ3v) is 3.52. The number of anilines is 1. The predicted octanol–water partition coefficient (Wildman–Crippen LogP) is 2.74. The Hall–Kier alpha value is -1.09. The summed E-state index contributed by atoms with van der Waals surface area (Å²) < 4.78 is 0. The van der Waals surface area contributed by atoms with E-state index < -0.39 is 0 Å². The summed E-state index contributed by atoms with van der Waals surface area (Å²) in [6.07, 6.45) is 3.17. The highest BCUT2D eigenvalue weighted by Gasteiger charge is 2.26. The lowest BCUT2D eigenvalue weighted by Crippen LogP contribution is -2.27. The quantitative estimate of drug-likeness (QED) is 0.866. The molecular weight excluding hydrogens is 210 g/mol. The summed E-state index contributed by atoms with van der Waals surface area (Å²) in [7, 11) is 0. The van der Waals surface area contributed by atoms with Gasteiger partial charge in [0.25, 0.3) is 0 Å². The molecule has 2 rings (SSSR count). The van der Waals surface area contributed by atoms with Crippen LogP contribution < -0.4 is 5.32 Å². The van der Waals surface area contributed by atoms with E-state index in [2.05, 4.69) is 42.0 Å². The SMILES string of the molecule is CCNc1ncccc1CN1CC(C)CC1C. The van der Waals surface area contributed by atoms with Gasteiger partial charge in [-0.2, -0.15) is 0 Å². The molecule has 1 saturated heterocycles. The fourth-order valence-corrected chi connectivity index (χ4v) is 2.72. The number of likely N-dealkylation sites (tertiary alicyclic amines) is 1. The van der Waals surface area contributed by atoms with E-state index in [4.69, 9.17) is 0 Å². The number of aromatic nitrogens is 1. The van der Waals surface area contributed by atoms with Gasteiger partial charge in [0.05, 0.1) is 0 Å². The van der Waals surface area contributed by atoms with Crippen LogP contribution >= 0.6 is 0 Å². The maximum Gasteiger partial charge on any atom is 0.130 e. The van der Waals surface area contributed by atoms with Crippen molar-refractivity contribution in [2.24, 2.45) is 5.92 Å². The van der Waals surface area contributed by atoms with Crippen LogP contribution in [0.25, 0.3) is 0 Å². The summed E-state index contributed by atoms with van der Waals surface area (Å²) in [6.45, 7) is 9.93. The van der Waals surface area contributed by atoms with Gasteiger partial charge in [0, 0.05) is 37.4 Å². The molecule has 17 heavy (non-hydrogen) atoms. The third kappa shape index (κ3) is 2.97. The van der Waals surface area contributed by atoms with Crippen LogP contribution in [0.1, 0.15) is 32.8 Å². The molecule has 2 unspecified atom stereocenters. The highest BCUT2D eigenvalue weighted by molar-refractivity contribution is 5.43. The third-order valence-electron chi connectivity index (χ3n) is 3.52. The Bertz CT molecular complexity index is 364. The number of hydrogen-bond acceptors (Lipinski definition) is 3. The van der Waals surface area contributed by atoms with Crippen molar-refractivity contribution in [1.82, 2.24) is 9.88 Å². The molecule has 1 aromatic heterocycles. The van der Waals surface area contributed by atoms with Crippen LogP contribution in [0.15, 0.2) is 18.3 Å². The van der Waals surface area contributed by atoms with Crippen LogP contribution in [0.5, 0.6) is 0 Å². The van der Waals surface area contributed by atoms with Crippen molar-refractivity contribution in [2.75, 3.05) is 18.4 Å². The van der Waals surface area contributed by atoms with E-state index in [9.17, 15) is 0 Å². The van der Waals surface area contributed by atoms with Crippen LogP contribution in [0, 0.1) is 5.92 Å². The molecule has 2 atom stereocenters. The molecule has 1 fully saturated rings. The fraction of sp³-hybridized carbons (Fsp3) is 0.643. The summed E-state index contributed by atoms with van der Waals surface area (Å²) >= 11 is 0. The maximum atomic E-state index is 4.42. The van der Waals surface area contributed by atoms with Crippen molar-refractivity contribution in [1.29, 1.82) is 0 Å². The molecule has 1 N–H and O–H groups in total. The second kappa shape index (κ2) is 5.50. The number of nitrogens with one attached hydrogen (secondary N) is 1. The maximum absolute atomic E-state index is 4.42. The van der Waals surface area contributed by atoms with Crippen molar-refractivity contribution >= 4 is 5.82 Å². The van der Waals surface area contributed by atoms with Gasteiger partial charge >= 0.3 is 0 Å². The van der Waals surface area contributed by atoms with Gasteiger partial charge in [-0.1, -0.05) is 13.0 Å². The highest BCUT2D eigenvalue weighted by atomic mass is 15.2. The monoisotopic (exact) mass is 233 g/mol. The Kier molecular flexibility index (Phi) is 4.00. The Morgan fingerprint density at radius 2 is 2.29 bits per heavy atom. The van der Waals surface area contributed by atoms with Crippen molar-refractivity contribution < 1.29 is 0 Å². The largest absolute Gasteiger partial charge is 0.370 e. The van der Waals surface area contributed by atoms with Crippen LogP contribution in [-0.2, 0) is 6.54 Å². The number of hydrogen-bond donors (Lipinski definition) is 1. The normalized spacial score (nSPS) is 25.1. The van der Waals surface area contributed by atoms with Gasteiger partial charge in [0.2, 0.25) is 0 Å². The fourth-order valence-electron chi connectivity index (χ4n) is 2.72. The second-order valence-corrected chi connectivity index (χ2v) is 5.16. The Morgan fingerprint density at radius 1 is 1.47 bits per heavy atom. The first kappa shape index (κ1) is 12.4. The van der Waals surface area contributed by atoms with Crippen molar-refractivity contribution in [2.45, 2.75) is 39.8 Å². The van der Waals surface area contributed by atoms with Gasteiger partial charge in [-0.15, -0.1) is 0 Å². The van der Waals surface area contributed by atoms with Crippen molar-refractivity contribution in [3.63, 3.8) is 0 Å². The summed E-state index contributed by atoms with van der Waals surface area (Å²) in [5.74, 6) is 1.87. The van der Waals surface area contributed by atoms with Crippen molar-refractivity contribution in [3.8, 4) is 0 Å². The van der Waals surface area contributed by atoms with Crippen LogP contribution in [0.3, 0.4) is 0 Å². The van der Waals surface area contributed by atoms with E-state index in [1.165, 1.54) is 18.5 Å². The van der Waals surface area contributed by atoms with E-state index in [0.717, 1.165) is 24.8 Å². The van der Waals surface area contributed by atoms with Gasteiger partial charge < -0.3 is 5.32 Å². The molecule has 0 amide bonds. The number of pyridine rings is 1. The molecule has 0 aromatic carbocycles. The van der Waals surface area contributed by atoms with Gasteiger partial charge in [0.1, 0.15) is 5.82 Å². The minimum Gasteiger partial charge on any atom is -0.370 e. The first-order valence-electron chi connectivity index (χ1n) is 6.62. The van der Waals surface area contributed by atoms with E-state index in [-0.39, 0.29) is 0 Å². The number of nitrogens with zero attached hydrogens (tertiary/aromatic N) is 2. The zero-order chi connectivity index (χ0) is 12.3. The van der Waals surface area contributed by atoms with Crippen molar-refractivity contribution in [3.05, 3.63) is 23.9 Å². The average Bonchev–Trinajstić information content (AvgIpc) is 2.61. The lowest BCUT2D eigenvalue weighted by Gasteiger charge is -2.22. The zero-order valence-electron chi connectivity index (χ0n) is 11.1. The van der Waals surface area contributed by atoms with E-state index in [0.29, 0.717) is 6.04 Å². The first-order valence-corrected chi connectivity index (χ1v) is 6.62. The van der Waals surface area contributed by atoms with Crippen LogP contribution in [0.4, 0.5) is 5.82 Å². The van der Waals surface area contributed by atoms with E-state index in [1.807, 2.05) is 12.3 Å². The summed E-state index contributed by atoms with van der Waals surface area (Å²) in [5, 5.41) is 3.34. The Balaban J connectivity index is 2.07. The molecule has 0 saturated carbocycles. The molecule has 0 bridgehead atoms. The molecule has 3 nitrogen and oxygen atoms in total. The molecule has 94 valence electrons. The standard InChI is InChI=1S/C14H23N3/c1-4-15-14-13(6-5-7-16-14)10-17-9-11(2)8-12(17)3/h5-7,11-12H,4,8-10H2,1-3H3,(H,15,16). The first-order chi connectivity index (χ1) is 8.20. The molecule has 1 aromatic rings. The summed E-state index contributed by atoms with van der Waals surface area (Å²) in [6, 6.07) is 4.90. The molecule has 1 aliphatic heterocycles. The zero-order valence-corrected chi connectivity index (χ0v) is 11.1. The highest BCUT2D eigenvalue weighted by Crippen LogP contribution is 2.25. The Labute approximate surface area is 104 Å². The minimum atomic E-state index is 0.694. The summed E-state index contributed by atoms with van der Waals surface area (Å²) in [4.78, 5) is 6.97. The lowest BCUT2D eigenvalue weighted by molar-refractivity contribution is 0.257. The smallest absolute Gasteiger partial charge is 0.130 e. The molecule has 2 heterocycles. The van der Waals surface area contributed by atoms with Gasteiger partial charge in [-0.25, -0.2) is 4.98 Å². The van der Waals surface area contributed by atoms with E-state index in [1.54, 1.807) is 0 Å². The topological polar surface area (TPSA) is 28.2 Å². The Morgan fingerprint density at radius 3 is 2.94 bits per heavy atom. The van der Waals surface area contributed by atoms with Gasteiger partial charge in [-0.05, 0) is 32.3 Å². The summed E-state index contributed by atoms with van der Waals surface area (Å²) in [5.41, 5.74) is 1.32. The molecular formula is C14H23N3. The van der Waals surface area contributed by atoms with Crippen LogP contribution in [-0.4, -0.2) is 29.0 Å². The predicted molar refractivity (Wildman–Crippen MR) is 72.1 cm³/mol. The van der Waals surface area contributed by atoms with Gasteiger partial charge in [0.15, 0.2) is 0 Å². The van der Waals surface area contributed by atoms with E-state index >= 15 is 0 Å².